The van der Waals surface area contributed by atoms with Crippen molar-refractivity contribution in [3.05, 3.63) is 74.5 Å². The Kier molecular flexibility index (Phi) is 7.59. The number of rotatable bonds is 5. The van der Waals surface area contributed by atoms with Gasteiger partial charge in [0.1, 0.15) is 12.4 Å². The maximum absolute atomic E-state index is 12.3. The van der Waals surface area contributed by atoms with Crippen LogP contribution < -0.4 is 4.74 Å². The van der Waals surface area contributed by atoms with Gasteiger partial charge in [0.25, 0.3) is 0 Å². The summed E-state index contributed by atoms with van der Waals surface area (Å²) in [6, 6.07) is 9.60. The van der Waals surface area contributed by atoms with Gasteiger partial charge in [-0.05, 0) is 138 Å². The van der Waals surface area contributed by atoms with Gasteiger partial charge in [-0.3, -0.25) is 0 Å². The smallest absolute Gasteiger partial charge is 0.363 e. The highest BCUT2D eigenvalue weighted by molar-refractivity contribution is 14.1. The van der Waals surface area contributed by atoms with E-state index in [1.165, 1.54) is 0 Å². The lowest BCUT2D eigenvalue weighted by Crippen LogP contribution is -2.05. The topological polar surface area (TPSA) is 47.9 Å². The number of carbonyl (C=O) groups is 1. The Hall–Kier alpha value is -0.470. The van der Waals surface area contributed by atoms with E-state index in [1.54, 1.807) is 6.08 Å². The fraction of sp³-hybridized carbons (Fsp3) is 0.100. The van der Waals surface area contributed by atoms with E-state index >= 15 is 0 Å². The minimum absolute atomic E-state index is 0.270. The van der Waals surface area contributed by atoms with Gasteiger partial charge in [-0.25, -0.2) is 9.79 Å². The first-order chi connectivity index (χ1) is 13.2. The molecule has 8 heteroatoms. The molecular weight excluding hydrogens is 763 g/mol. The third-order valence-corrected chi connectivity index (χ3v) is 7.51. The van der Waals surface area contributed by atoms with Crippen molar-refractivity contribution >= 4 is 102 Å². The van der Waals surface area contributed by atoms with Gasteiger partial charge in [0.2, 0.25) is 5.90 Å². The van der Waals surface area contributed by atoms with E-state index in [1.807, 2.05) is 37.3 Å². The molecule has 0 aliphatic carbocycles. The van der Waals surface area contributed by atoms with E-state index < -0.39 is 5.97 Å². The molecule has 0 saturated carbocycles. The van der Waals surface area contributed by atoms with Crippen molar-refractivity contribution in [3.8, 4) is 5.75 Å². The molecule has 0 N–H and O–H groups in total. The van der Waals surface area contributed by atoms with Crippen LogP contribution in [-0.2, 0) is 9.53 Å². The zero-order valence-corrected chi connectivity index (χ0v) is 22.6. The maximum Gasteiger partial charge on any atom is 0.363 e. The fourth-order valence-electron chi connectivity index (χ4n) is 2.32. The summed E-state index contributed by atoms with van der Waals surface area (Å²) in [7, 11) is 0. The summed E-state index contributed by atoms with van der Waals surface area (Å²) in [5.41, 5.74) is 2.83. The van der Waals surface area contributed by atoms with Gasteiger partial charge in [-0.15, -0.1) is 0 Å². The molecule has 2 aromatic carbocycles. The molecule has 1 aliphatic rings. The molecule has 0 spiro atoms. The molecule has 0 radical (unpaired) electrons. The van der Waals surface area contributed by atoms with Crippen molar-refractivity contribution < 1.29 is 14.3 Å². The summed E-state index contributed by atoms with van der Waals surface area (Å²) in [6.07, 6.45) is 1.73. The third kappa shape index (κ3) is 5.36. The normalized spacial score (nSPS) is 14.8. The summed E-state index contributed by atoms with van der Waals surface area (Å²) in [6.45, 7) is 6.25. The van der Waals surface area contributed by atoms with Gasteiger partial charge in [0.05, 0.1) is 7.14 Å². The fourth-order valence-corrected chi connectivity index (χ4v) is 5.16. The molecule has 0 bridgehead atoms. The summed E-state index contributed by atoms with van der Waals surface area (Å²) >= 11 is 10.2. The predicted molar refractivity (Wildman–Crippen MR) is 140 cm³/mol. The van der Waals surface area contributed by atoms with Gasteiger partial charge in [-0.2, -0.15) is 0 Å². The average Bonchev–Trinajstić information content (AvgIpc) is 2.97. The molecule has 0 amide bonds. The highest BCUT2D eigenvalue weighted by Gasteiger charge is 2.24. The molecule has 0 aromatic heterocycles. The van der Waals surface area contributed by atoms with Crippen LogP contribution in [-0.4, -0.2) is 18.5 Å². The number of cyclic esters (lactones) is 1. The Labute approximate surface area is 212 Å². The molecule has 2 aromatic rings. The zero-order chi connectivity index (χ0) is 20.4. The van der Waals surface area contributed by atoms with Crippen LogP contribution in [0.2, 0.25) is 0 Å². The predicted octanol–water partition coefficient (Wildman–Crippen LogP) is 6.56. The Morgan fingerprint density at radius 1 is 1.21 bits per heavy atom. The van der Waals surface area contributed by atoms with E-state index in [0.29, 0.717) is 12.5 Å². The monoisotopic (exact) mass is 775 g/mol. The number of aliphatic imine (C=N–C) groups is 1. The van der Waals surface area contributed by atoms with Gasteiger partial charge >= 0.3 is 5.97 Å². The SMILES string of the molecule is C=C(C)COc1c(I)cc(/C=C2\N=C(c3ccc(I)c(Br)c3)OC2=O)cc1I. The Balaban J connectivity index is 1.90. The highest BCUT2D eigenvalue weighted by Crippen LogP contribution is 2.31. The minimum Gasteiger partial charge on any atom is -0.487 e. The number of nitrogens with zero attached hydrogens (tertiary/aromatic N) is 1. The van der Waals surface area contributed by atoms with Crippen molar-refractivity contribution in [2.75, 3.05) is 6.61 Å². The van der Waals surface area contributed by atoms with E-state index in [0.717, 1.165) is 37.6 Å². The van der Waals surface area contributed by atoms with Gasteiger partial charge < -0.3 is 9.47 Å². The summed E-state index contributed by atoms with van der Waals surface area (Å²) in [5, 5.41) is 0. The molecule has 0 unspecified atom stereocenters. The third-order valence-electron chi connectivity index (χ3n) is 3.57. The first-order valence-electron chi connectivity index (χ1n) is 7.99. The number of carbonyl (C=O) groups excluding carboxylic acids is 1. The van der Waals surface area contributed by atoms with E-state index in [9.17, 15) is 4.79 Å². The van der Waals surface area contributed by atoms with Crippen LogP contribution in [0.3, 0.4) is 0 Å². The summed E-state index contributed by atoms with van der Waals surface area (Å²) in [5.74, 6) is 0.657. The highest BCUT2D eigenvalue weighted by atomic mass is 127. The van der Waals surface area contributed by atoms with Gasteiger partial charge in [-0.1, -0.05) is 6.58 Å². The van der Waals surface area contributed by atoms with Gasteiger partial charge in [0.15, 0.2) is 5.70 Å². The molecule has 0 fully saturated rings. The first-order valence-corrected chi connectivity index (χ1v) is 12.0. The molecule has 4 nitrogen and oxygen atoms in total. The van der Waals surface area contributed by atoms with Crippen molar-refractivity contribution in [3.63, 3.8) is 0 Å². The number of esters is 1. The van der Waals surface area contributed by atoms with Crippen LogP contribution in [0.1, 0.15) is 18.1 Å². The molecule has 1 aliphatic heterocycles. The lowest BCUT2D eigenvalue weighted by molar-refractivity contribution is -0.129. The first kappa shape index (κ1) is 22.2. The van der Waals surface area contributed by atoms with Crippen molar-refractivity contribution in [1.29, 1.82) is 0 Å². The van der Waals surface area contributed by atoms with Crippen LogP contribution in [0.15, 0.2) is 57.6 Å². The van der Waals surface area contributed by atoms with Crippen molar-refractivity contribution in [2.24, 2.45) is 4.99 Å². The van der Waals surface area contributed by atoms with Crippen LogP contribution in [0.5, 0.6) is 5.75 Å². The average molecular weight is 776 g/mol. The number of hydrogen-bond acceptors (Lipinski definition) is 4. The van der Waals surface area contributed by atoms with Gasteiger partial charge in [0, 0.05) is 13.6 Å². The quantitative estimate of drug-likeness (QED) is 0.150. The maximum atomic E-state index is 12.3. The van der Waals surface area contributed by atoms with Crippen molar-refractivity contribution in [1.82, 2.24) is 0 Å². The molecule has 0 saturated heterocycles. The van der Waals surface area contributed by atoms with Crippen LogP contribution in [0.4, 0.5) is 0 Å². The molecule has 28 heavy (non-hydrogen) atoms. The molecule has 144 valence electrons. The lowest BCUT2D eigenvalue weighted by atomic mass is 10.2. The lowest BCUT2D eigenvalue weighted by Gasteiger charge is -2.11. The minimum atomic E-state index is -0.461. The Morgan fingerprint density at radius 3 is 2.50 bits per heavy atom. The van der Waals surface area contributed by atoms with E-state index in [-0.39, 0.29) is 5.70 Å². The number of hydrogen-bond donors (Lipinski definition) is 0. The van der Waals surface area contributed by atoms with Crippen molar-refractivity contribution in [2.45, 2.75) is 6.92 Å². The Bertz CT molecular complexity index is 1020. The Morgan fingerprint density at radius 2 is 1.89 bits per heavy atom. The zero-order valence-electron chi connectivity index (χ0n) is 14.6. The van der Waals surface area contributed by atoms with E-state index in [4.69, 9.17) is 9.47 Å². The second-order valence-electron chi connectivity index (χ2n) is 6.02. The van der Waals surface area contributed by atoms with Crippen LogP contribution in [0.25, 0.3) is 6.08 Å². The number of halogens is 4. The molecule has 1 heterocycles. The largest absolute Gasteiger partial charge is 0.487 e. The van der Waals surface area contributed by atoms with Crippen LogP contribution in [0, 0.1) is 10.7 Å². The molecule has 3 rings (SSSR count). The summed E-state index contributed by atoms with van der Waals surface area (Å²) < 4.78 is 15.1. The molecular formula is C20H13BrI3NO3. The van der Waals surface area contributed by atoms with Crippen LogP contribution >= 0.6 is 83.7 Å². The standard InChI is InChI=1S/C20H13BrI3NO3/c1-10(2)9-27-18-15(23)5-11(6-16(18)24)7-17-20(26)28-19(25-17)12-3-4-14(22)13(21)8-12/h3-8H,1,9H2,2H3/b17-7-. The summed E-state index contributed by atoms with van der Waals surface area (Å²) in [4.78, 5) is 16.7. The second-order valence-corrected chi connectivity index (χ2v) is 10.4. The number of benzene rings is 2. The number of ether oxygens (including phenoxy) is 2. The second kappa shape index (κ2) is 9.56. The molecule has 0 atom stereocenters. The van der Waals surface area contributed by atoms with E-state index in [2.05, 4.69) is 95.3 Å².